The molecule has 0 saturated carbocycles. The Kier molecular flexibility index (Phi) is 5.06. The van der Waals surface area contributed by atoms with Crippen LogP contribution in [-0.4, -0.2) is 39.7 Å². The van der Waals surface area contributed by atoms with Crippen molar-refractivity contribution in [1.29, 1.82) is 0 Å². The fourth-order valence-electron chi connectivity index (χ4n) is 4.65. The molecule has 2 aromatic carbocycles. The van der Waals surface area contributed by atoms with Crippen LogP contribution in [0.1, 0.15) is 55.2 Å². The summed E-state index contributed by atoms with van der Waals surface area (Å²) in [4.78, 5) is 33.6. The maximum absolute atomic E-state index is 13.2. The SMILES string of the molecule is CC(=O)N1C=Cc2ccccc2[C@H]1CC(=O)N1CCC(c2nc3ccccc3o2)CC1. The van der Waals surface area contributed by atoms with E-state index in [-0.39, 0.29) is 30.2 Å². The molecule has 2 aliphatic rings. The first-order chi connectivity index (χ1) is 15.1. The van der Waals surface area contributed by atoms with E-state index in [1.165, 1.54) is 0 Å². The summed E-state index contributed by atoms with van der Waals surface area (Å²) in [7, 11) is 0. The number of oxazole rings is 1. The summed E-state index contributed by atoms with van der Waals surface area (Å²) in [5, 5.41) is 0. The van der Waals surface area contributed by atoms with E-state index in [1.54, 1.807) is 18.0 Å². The van der Waals surface area contributed by atoms with Crippen LogP contribution in [0.25, 0.3) is 17.2 Å². The van der Waals surface area contributed by atoms with Gasteiger partial charge in [0.2, 0.25) is 11.8 Å². The van der Waals surface area contributed by atoms with E-state index in [2.05, 4.69) is 4.98 Å². The van der Waals surface area contributed by atoms with E-state index in [0.29, 0.717) is 13.1 Å². The molecule has 0 unspecified atom stereocenters. The zero-order chi connectivity index (χ0) is 21.4. The van der Waals surface area contributed by atoms with Gasteiger partial charge in [0.15, 0.2) is 11.5 Å². The number of amides is 2. The highest BCUT2D eigenvalue weighted by molar-refractivity contribution is 5.82. The molecule has 1 atom stereocenters. The lowest BCUT2D eigenvalue weighted by atomic mass is 9.92. The van der Waals surface area contributed by atoms with Gasteiger partial charge in [0.05, 0.1) is 12.5 Å². The summed E-state index contributed by atoms with van der Waals surface area (Å²) in [5.41, 5.74) is 3.77. The summed E-state index contributed by atoms with van der Waals surface area (Å²) in [6, 6.07) is 15.5. The van der Waals surface area contributed by atoms with E-state index in [0.717, 1.165) is 41.0 Å². The summed E-state index contributed by atoms with van der Waals surface area (Å²) >= 11 is 0. The van der Waals surface area contributed by atoms with E-state index >= 15 is 0 Å². The van der Waals surface area contributed by atoms with E-state index in [9.17, 15) is 9.59 Å². The summed E-state index contributed by atoms with van der Waals surface area (Å²) in [6.07, 6.45) is 5.67. The number of piperidine rings is 1. The van der Waals surface area contributed by atoms with Gasteiger partial charge in [0.25, 0.3) is 0 Å². The molecule has 0 spiro atoms. The quantitative estimate of drug-likeness (QED) is 0.632. The van der Waals surface area contributed by atoms with Crippen molar-refractivity contribution in [1.82, 2.24) is 14.8 Å². The van der Waals surface area contributed by atoms with Crippen LogP contribution in [0.15, 0.2) is 59.1 Å². The summed E-state index contributed by atoms with van der Waals surface area (Å²) in [5.74, 6) is 1.02. The smallest absolute Gasteiger partial charge is 0.225 e. The number of nitrogens with zero attached hydrogens (tertiary/aromatic N) is 3. The van der Waals surface area contributed by atoms with Gasteiger partial charge in [0.1, 0.15) is 5.52 Å². The van der Waals surface area contributed by atoms with Crippen molar-refractivity contribution in [3.8, 4) is 0 Å². The summed E-state index contributed by atoms with van der Waals surface area (Å²) in [6.45, 7) is 2.89. The second-order valence-electron chi connectivity index (χ2n) is 8.27. The van der Waals surface area contributed by atoms with Crippen LogP contribution in [-0.2, 0) is 9.59 Å². The van der Waals surface area contributed by atoms with Gasteiger partial charge in [-0.15, -0.1) is 0 Å². The lowest BCUT2D eigenvalue weighted by Crippen LogP contribution is -2.41. The van der Waals surface area contributed by atoms with Crippen molar-refractivity contribution in [2.75, 3.05) is 13.1 Å². The average molecular weight is 415 g/mol. The number of hydrogen-bond acceptors (Lipinski definition) is 4. The normalized spacial score (nSPS) is 18.9. The fraction of sp³-hybridized carbons (Fsp3) is 0.320. The predicted octanol–water partition coefficient (Wildman–Crippen LogP) is 4.50. The van der Waals surface area contributed by atoms with E-state index < -0.39 is 0 Å². The number of aromatic nitrogens is 1. The van der Waals surface area contributed by atoms with Gasteiger partial charge >= 0.3 is 0 Å². The highest BCUT2D eigenvalue weighted by Gasteiger charge is 2.32. The molecule has 158 valence electrons. The van der Waals surface area contributed by atoms with Crippen LogP contribution in [0.3, 0.4) is 0 Å². The number of fused-ring (bicyclic) bond motifs is 2. The Morgan fingerprint density at radius 2 is 1.81 bits per heavy atom. The van der Waals surface area contributed by atoms with Crippen molar-refractivity contribution in [2.45, 2.75) is 38.1 Å². The lowest BCUT2D eigenvalue weighted by molar-refractivity contribution is -0.135. The van der Waals surface area contributed by atoms with Crippen LogP contribution in [0.5, 0.6) is 0 Å². The Balaban J connectivity index is 1.27. The molecule has 3 aromatic rings. The van der Waals surface area contributed by atoms with Crippen LogP contribution < -0.4 is 0 Å². The highest BCUT2D eigenvalue weighted by atomic mass is 16.3. The fourth-order valence-corrected chi connectivity index (χ4v) is 4.65. The maximum atomic E-state index is 13.2. The largest absolute Gasteiger partial charge is 0.440 e. The van der Waals surface area contributed by atoms with Gasteiger partial charge in [-0.1, -0.05) is 36.4 Å². The zero-order valence-corrected chi connectivity index (χ0v) is 17.5. The van der Waals surface area contributed by atoms with Gasteiger partial charge in [0, 0.05) is 32.1 Å². The van der Waals surface area contributed by atoms with Gasteiger partial charge in [-0.25, -0.2) is 4.98 Å². The second kappa shape index (κ2) is 8.02. The Morgan fingerprint density at radius 1 is 1.06 bits per heavy atom. The van der Waals surface area contributed by atoms with Crippen molar-refractivity contribution in [3.63, 3.8) is 0 Å². The molecule has 6 heteroatoms. The second-order valence-corrected chi connectivity index (χ2v) is 8.27. The van der Waals surface area contributed by atoms with Crippen LogP contribution in [0.2, 0.25) is 0 Å². The van der Waals surface area contributed by atoms with Crippen molar-refractivity contribution in [2.24, 2.45) is 0 Å². The number of hydrogen-bond donors (Lipinski definition) is 0. The average Bonchev–Trinajstić information content (AvgIpc) is 3.23. The lowest BCUT2D eigenvalue weighted by Gasteiger charge is -2.35. The highest BCUT2D eigenvalue weighted by Crippen LogP contribution is 2.35. The number of carbonyl (C=O) groups excluding carboxylic acids is 2. The standard InChI is InChI=1S/C25H25N3O3/c1-17(29)28-15-12-18-6-2-3-7-20(18)22(28)16-24(30)27-13-10-19(11-14-27)25-26-21-8-4-5-9-23(21)31-25/h2-9,12,15,19,22H,10-11,13-14,16H2,1H3/t22-/m1/s1. The molecular formula is C25H25N3O3. The first-order valence-corrected chi connectivity index (χ1v) is 10.8. The number of para-hydroxylation sites is 2. The monoisotopic (exact) mass is 415 g/mol. The molecule has 5 rings (SSSR count). The molecule has 2 aliphatic heterocycles. The van der Waals surface area contributed by atoms with Crippen molar-refractivity contribution < 1.29 is 14.0 Å². The Bertz CT molecular complexity index is 1120. The zero-order valence-electron chi connectivity index (χ0n) is 17.5. The molecule has 0 radical (unpaired) electrons. The van der Waals surface area contributed by atoms with Gasteiger partial charge < -0.3 is 14.2 Å². The minimum Gasteiger partial charge on any atom is -0.440 e. The number of carbonyl (C=O) groups is 2. The van der Waals surface area contributed by atoms with Crippen LogP contribution in [0, 0.1) is 0 Å². The third kappa shape index (κ3) is 3.74. The molecule has 0 N–H and O–H groups in total. The molecule has 2 amide bonds. The van der Waals surface area contributed by atoms with Crippen LogP contribution in [0.4, 0.5) is 0 Å². The molecule has 0 bridgehead atoms. The first-order valence-electron chi connectivity index (χ1n) is 10.8. The minimum atomic E-state index is -0.263. The Hall–Kier alpha value is -3.41. The van der Waals surface area contributed by atoms with Gasteiger partial charge in [-0.3, -0.25) is 9.59 Å². The van der Waals surface area contributed by atoms with E-state index in [1.807, 2.05) is 59.5 Å². The van der Waals surface area contributed by atoms with E-state index in [4.69, 9.17) is 4.42 Å². The topological polar surface area (TPSA) is 66.7 Å². The maximum Gasteiger partial charge on any atom is 0.225 e. The summed E-state index contributed by atoms with van der Waals surface area (Å²) < 4.78 is 5.94. The molecular weight excluding hydrogens is 390 g/mol. The number of likely N-dealkylation sites (tertiary alicyclic amines) is 1. The molecule has 1 aromatic heterocycles. The molecule has 3 heterocycles. The third-order valence-electron chi connectivity index (χ3n) is 6.34. The molecule has 1 fully saturated rings. The predicted molar refractivity (Wildman–Crippen MR) is 118 cm³/mol. The molecule has 31 heavy (non-hydrogen) atoms. The molecule has 6 nitrogen and oxygen atoms in total. The van der Waals surface area contributed by atoms with Gasteiger partial charge in [-0.2, -0.15) is 0 Å². The molecule has 0 aliphatic carbocycles. The Labute approximate surface area is 181 Å². The van der Waals surface area contributed by atoms with Crippen molar-refractivity contribution in [3.05, 3.63) is 71.7 Å². The van der Waals surface area contributed by atoms with Gasteiger partial charge in [-0.05, 0) is 42.2 Å². The van der Waals surface area contributed by atoms with Crippen LogP contribution >= 0.6 is 0 Å². The van der Waals surface area contributed by atoms with Crippen molar-refractivity contribution >= 4 is 29.0 Å². The minimum absolute atomic E-state index is 0.0572. The third-order valence-corrected chi connectivity index (χ3v) is 6.34. The molecule has 1 saturated heterocycles. The Morgan fingerprint density at radius 3 is 2.58 bits per heavy atom. The number of rotatable bonds is 3. The first kappa shape index (κ1) is 19.5. The number of benzene rings is 2.